The molecule has 2 aromatic carbocycles. The highest BCUT2D eigenvalue weighted by atomic mass is 16.2. The number of likely N-dealkylation sites (tertiary alicyclic amines) is 1. The second kappa shape index (κ2) is 10.8. The van der Waals surface area contributed by atoms with Crippen molar-refractivity contribution in [2.75, 3.05) is 36.8 Å². The fourth-order valence-electron chi connectivity index (χ4n) is 7.10. The van der Waals surface area contributed by atoms with Crippen LogP contribution in [0.3, 0.4) is 0 Å². The van der Waals surface area contributed by atoms with Crippen molar-refractivity contribution in [3.8, 4) is 0 Å². The van der Waals surface area contributed by atoms with Crippen LogP contribution in [0.2, 0.25) is 0 Å². The summed E-state index contributed by atoms with van der Waals surface area (Å²) in [6.45, 7) is 3.84. The lowest BCUT2D eigenvalue weighted by atomic mass is 9.84. The molecule has 212 valence electrons. The third-order valence-corrected chi connectivity index (χ3v) is 9.42. The van der Waals surface area contributed by atoms with Gasteiger partial charge in [-0.15, -0.1) is 0 Å². The van der Waals surface area contributed by atoms with Gasteiger partial charge >= 0.3 is 6.03 Å². The van der Waals surface area contributed by atoms with Crippen LogP contribution < -0.4 is 16.0 Å². The molecule has 2 saturated heterocycles. The largest absolute Gasteiger partial charge is 0.399 e. The van der Waals surface area contributed by atoms with Crippen LogP contribution in [0.4, 0.5) is 16.2 Å². The number of hydrogen-bond acceptors (Lipinski definition) is 6. The van der Waals surface area contributed by atoms with Crippen molar-refractivity contribution in [3.63, 3.8) is 0 Å². The first-order chi connectivity index (χ1) is 20.0. The molecule has 2 aromatic heterocycles. The van der Waals surface area contributed by atoms with Crippen molar-refractivity contribution in [1.29, 1.82) is 0 Å². The predicted molar refractivity (Wildman–Crippen MR) is 161 cm³/mol. The number of nitrogen functional groups attached to an aromatic ring is 1. The zero-order valence-corrected chi connectivity index (χ0v) is 23.3. The summed E-state index contributed by atoms with van der Waals surface area (Å²) in [6.07, 6.45) is 13.3. The first kappa shape index (κ1) is 26.0. The van der Waals surface area contributed by atoms with E-state index in [9.17, 15) is 9.59 Å². The Balaban J connectivity index is 0.936. The number of piperidine rings is 1. The van der Waals surface area contributed by atoms with Crippen LogP contribution in [-0.2, 0) is 4.79 Å². The van der Waals surface area contributed by atoms with Crippen molar-refractivity contribution < 1.29 is 9.59 Å². The van der Waals surface area contributed by atoms with E-state index < -0.39 is 0 Å². The van der Waals surface area contributed by atoms with Gasteiger partial charge in [0.05, 0.1) is 23.4 Å². The van der Waals surface area contributed by atoms with Gasteiger partial charge in [0.1, 0.15) is 0 Å². The lowest BCUT2D eigenvalue weighted by molar-refractivity contribution is -0.120. The molecule has 41 heavy (non-hydrogen) atoms. The molecule has 0 spiro atoms. The fraction of sp³-hybridized carbons (Fsp3) is 0.438. The van der Waals surface area contributed by atoms with Gasteiger partial charge in [0, 0.05) is 53.8 Å². The normalized spacial score (nSPS) is 22.9. The van der Waals surface area contributed by atoms with Gasteiger partial charge in [-0.2, -0.15) is 5.10 Å². The molecule has 3 N–H and O–H groups in total. The lowest BCUT2D eigenvalue weighted by Crippen LogP contribution is -2.49. The number of carbonyl (C=O) groups excluding carboxylic acids is 2. The monoisotopic (exact) mass is 551 g/mol. The van der Waals surface area contributed by atoms with E-state index in [1.165, 1.54) is 37.8 Å². The van der Waals surface area contributed by atoms with Crippen LogP contribution in [0.1, 0.15) is 62.5 Å². The quantitative estimate of drug-likeness (QED) is 0.329. The number of nitrogens with two attached hydrogens (primary N) is 1. The molecule has 0 atom stereocenters. The van der Waals surface area contributed by atoms with Crippen molar-refractivity contribution >= 4 is 45.0 Å². The number of hydrogen-bond donors (Lipinski definition) is 2. The zero-order valence-electron chi connectivity index (χ0n) is 23.3. The Bertz CT molecular complexity index is 1600. The van der Waals surface area contributed by atoms with Crippen LogP contribution >= 0.6 is 0 Å². The number of rotatable bonds is 5. The number of benzene rings is 2. The maximum absolute atomic E-state index is 12.4. The van der Waals surface area contributed by atoms with Gasteiger partial charge in [-0.05, 0) is 93.3 Å². The van der Waals surface area contributed by atoms with Gasteiger partial charge in [-0.1, -0.05) is 12.1 Å². The molecule has 3 aliphatic rings. The van der Waals surface area contributed by atoms with Crippen molar-refractivity contribution in [2.45, 2.75) is 56.9 Å². The third kappa shape index (κ3) is 5.26. The highest BCUT2D eigenvalue weighted by molar-refractivity contribution is 6.09. The molecule has 4 aromatic rings. The Kier molecular flexibility index (Phi) is 6.82. The Morgan fingerprint density at radius 2 is 1.73 bits per heavy atom. The van der Waals surface area contributed by atoms with E-state index in [1.54, 1.807) is 11.1 Å². The summed E-state index contributed by atoms with van der Waals surface area (Å²) in [5.74, 6) is 1.07. The fourth-order valence-corrected chi connectivity index (χ4v) is 7.10. The molecule has 9 nitrogen and oxygen atoms in total. The number of aromatic nitrogens is 3. The summed E-state index contributed by atoms with van der Waals surface area (Å²) in [5, 5.41) is 10.4. The number of anilines is 2. The molecular weight excluding hydrogens is 514 g/mol. The molecule has 0 bridgehead atoms. The minimum Gasteiger partial charge on any atom is -0.399 e. The van der Waals surface area contributed by atoms with E-state index in [0.717, 1.165) is 64.9 Å². The molecule has 2 aliphatic heterocycles. The van der Waals surface area contributed by atoms with Gasteiger partial charge in [0.15, 0.2) is 0 Å². The molecule has 1 saturated carbocycles. The van der Waals surface area contributed by atoms with E-state index in [4.69, 9.17) is 10.8 Å². The zero-order chi connectivity index (χ0) is 27.9. The van der Waals surface area contributed by atoms with Gasteiger partial charge in [-0.25, -0.2) is 4.79 Å². The van der Waals surface area contributed by atoms with Gasteiger partial charge < -0.3 is 10.6 Å². The number of pyridine rings is 1. The van der Waals surface area contributed by atoms with Crippen LogP contribution in [0, 0.1) is 5.92 Å². The average Bonchev–Trinajstić information content (AvgIpc) is 3.41. The summed E-state index contributed by atoms with van der Waals surface area (Å²) < 4.78 is 2.18. The van der Waals surface area contributed by atoms with Crippen LogP contribution in [-0.4, -0.2) is 57.8 Å². The second-order valence-corrected chi connectivity index (χ2v) is 12.1. The van der Waals surface area contributed by atoms with E-state index in [2.05, 4.69) is 44.3 Å². The van der Waals surface area contributed by atoms with E-state index >= 15 is 0 Å². The molecular formula is C32H37N7O2. The van der Waals surface area contributed by atoms with Crippen molar-refractivity contribution in [3.05, 3.63) is 60.6 Å². The number of imide groups is 1. The maximum atomic E-state index is 12.4. The molecule has 7 rings (SSSR count). The average molecular weight is 552 g/mol. The van der Waals surface area contributed by atoms with E-state index in [-0.39, 0.29) is 11.9 Å². The SMILES string of the molecule is Nc1ccc2nn([C@H]3CC[C@H](CN4CCC(c5ccc6c(N7CCC(=O)NC7=O)cncc6c5)CC4)CC3)cc2c1. The molecule has 4 heterocycles. The second-order valence-electron chi connectivity index (χ2n) is 12.1. The smallest absolute Gasteiger partial charge is 0.328 e. The number of nitrogens with zero attached hydrogens (tertiary/aromatic N) is 5. The topological polar surface area (TPSA) is 109 Å². The lowest BCUT2D eigenvalue weighted by Gasteiger charge is -2.37. The van der Waals surface area contributed by atoms with Gasteiger partial charge in [-0.3, -0.25) is 24.7 Å². The van der Waals surface area contributed by atoms with E-state index in [0.29, 0.717) is 24.9 Å². The Hall–Kier alpha value is -3.98. The number of fused-ring (bicyclic) bond motifs is 2. The minimum absolute atomic E-state index is 0.227. The predicted octanol–water partition coefficient (Wildman–Crippen LogP) is 5.22. The van der Waals surface area contributed by atoms with E-state index in [1.807, 2.05) is 24.4 Å². The summed E-state index contributed by atoms with van der Waals surface area (Å²) in [6, 6.07) is 12.6. The standard InChI is InChI=1S/C32H37N7O2/c33-26-4-8-29-25(16-26)20-39(36-29)27-5-1-21(2-6-27)19-37-12-9-22(10-13-37)23-3-7-28-24(15-23)17-34-18-30(28)38-14-11-31(40)35-32(38)41/h3-4,7-8,15-18,20-22,27H,1-2,5-6,9-14,19,33H2,(H,35,40,41)/t21-,27-. The maximum Gasteiger partial charge on any atom is 0.328 e. The number of urea groups is 1. The van der Waals surface area contributed by atoms with Crippen LogP contribution in [0.15, 0.2) is 55.0 Å². The Morgan fingerprint density at radius 3 is 2.54 bits per heavy atom. The molecule has 1 aliphatic carbocycles. The Morgan fingerprint density at radius 1 is 0.902 bits per heavy atom. The third-order valence-electron chi connectivity index (χ3n) is 9.42. The summed E-state index contributed by atoms with van der Waals surface area (Å²) in [7, 11) is 0. The van der Waals surface area contributed by atoms with Crippen LogP contribution in [0.5, 0.6) is 0 Å². The van der Waals surface area contributed by atoms with Crippen molar-refractivity contribution in [1.82, 2.24) is 25.0 Å². The molecule has 3 fully saturated rings. The summed E-state index contributed by atoms with van der Waals surface area (Å²) >= 11 is 0. The number of nitrogens with one attached hydrogen (secondary N) is 1. The first-order valence-electron chi connectivity index (χ1n) is 15.0. The Labute approximate surface area is 239 Å². The van der Waals surface area contributed by atoms with Crippen LogP contribution in [0.25, 0.3) is 21.7 Å². The molecule has 9 heteroatoms. The minimum atomic E-state index is -0.374. The highest BCUT2D eigenvalue weighted by Crippen LogP contribution is 2.36. The highest BCUT2D eigenvalue weighted by Gasteiger charge is 2.28. The van der Waals surface area contributed by atoms with Gasteiger partial charge in [0.25, 0.3) is 0 Å². The first-order valence-corrected chi connectivity index (χ1v) is 15.0. The van der Waals surface area contributed by atoms with Gasteiger partial charge in [0.2, 0.25) is 5.91 Å². The number of carbonyl (C=O) groups is 2. The number of amides is 3. The molecule has 3 amide bonds. The molecule has 0 unspecified atom stereocenters. The molecule has 0 radical (unpaired) electrons. The van der Waals surface area contributed by atoms with Crippen molar-refractivity contribution in [2.24, 2.45) is 5.92 Å². The summed E-state index contributed by atoms with van der Waals surface area (Å²) in [4.78, 5) is 32.7. The summed E-state index contributed by atoms with van der Waals surface area (Å²) in [5.41, 5.74) is 9.88.